The van der Waals surface area contributed by atoms with Gasteiger partial charge in [-0.05, 0) is 35.7 Å². The van der Waals surface area contributed by atoms with Crippen LogP contribution in [0.4, 0.5) is 11.6 Å². The molecule has 8 heteroatoms. The lowest BCUT2D eigenvalue weighted by molar-refractivity contribution is -0.125. The van der Waals surface area contributed by atoms with Gasteiger partial charge in [-0.15, -0.1) is 5.10 Å². The molecular formula is C20H20N6O2. The molecule has 28 heavy (non-hydrogen) atoms. The van der Waals surface area contributed by atoms with E-state index in [9.17, 15) is 9.59 Å². The zero-order valence-corrected chi connectivity index (χ0v) is 15.6. The van der Waals surface area contributed by atoms with E-state index in [2.05, 4.69) is 39.5 Å². The fourth-order valence-corrected chi connectivity index (χ4v) is 3.06. The Balaban J connectivity index is 1.59. The molecule has 1 aromatic carbocycles. The average Bonchev–Trinajstić information content (AvgIpc) is 3.12. The molecule has 0 spiro atoms. The van der Waals surface area contributed by atoms with Crippen LogP contribution >= 0.6 is 0 Å². The van der Waals surface area contributed by atoms with Crippen LogP contribution < -0.4 is 10.6 Å². The first-order valence-electron chi connectivity index (χ1n) is 9.09. The van der Waals surface area contributed by atoms with Crippen LogP contribution in [0.15, 0.2) is 48.8 Å². The number of rotatable bonds is 4. The van der Waals surface area contributed by atoms with Crippen molar-refractivity contribution < 1.29 is 9.59 Å². The van der Waals surface area contributed by atoms with Gasteiger partial charge in [0.1, 0.15) is 6.04 Å². The van der Waals surface area contributed by atoms with Gasteiger partial charge in [0.25, 0.3) is 0 Å². The van der Waals surface area contributed by atoms with Crippen molar-refractivity contribution in [3.63, 3.8) is 0 Å². The van der Waals surface area contributed by atoms with Crippen LogP contribution in [0, 0.1) is 0 Å². The second kappa shape index (κ2) is 7.22. The largest absolute Gasteiger partial charge is 0.324 e. The highest BCUT2D eigenvalue weighted by Gasteiger charge is 2.33. The molecule has 2 amide bonds. The third kappa shape index (κ3) is 3.48. The number of anilines is 2. The van der Waals surface area contributed by atoms with Gasteiger partial charge in [0.2, 0.25) is 17.8 Å². The quantitative estimate of drug-likeness (QED) is 0.729. The summed E-state index contributed by atoms with van der Waals surface area (Å²) in [6, 6.07) is 10.5. The lowest BCUT2D eigenvalue weighted by Crippen LogP contribution is -2.36. The number of benzene rings is 1. The van der Waals surface area contributed by atoms with Gasteiger partial charge in [0.15, 0.2) is 5.82 Å². The van der Waals surface area contributed by atoms with Crippen LogP contribution in [-0.2, 0) is 9.59 Å². The highest BCUT2D eigenvalue weighted by Crippen LogP contribution is 2.27. The Kier molecular flexibility index (Phi) is 4.60. The zero-order chi connectivity index (χ0) is 19.7. The first-order chi connectivity index (χ1) is 13.5. The number of hydrogen-bond acceptors (Lipinski definition) is 5. The molecule has 1 aliphatic heterocycles. The summed E-state index contributed by atoms with van der Waals surface area (Å²) in [5, 5.41) is 9.96. The summed E-state index contributed by atoms with van der Waals surface area (Å²) in [5.74, 6) is 0.495. The molecule has 8 nitrogen and oxygen atoms in total. The minimum Gasteiger partial charge on any atom is -0.324 e. The fourth-order valence-electron chi connectivity index (χ4n) is 3.06. The van der Waals surface area contributed by atoms with Crippen LogP contribution in [0.5, 0.6) is 0 Å². The van der Waals surface area contributed by atoms with Gasteiger partial charge in [-0.2, -0.15) is 4.98 Å². The highest BCUT2D eigenvalue weighted by molar-refractivity contribution is 6.00. The van der Waals surface area contributed by atoms with E-state index in [0.29, 0.717) is 23.0 Å². The second-order valence-electron chi connectivity index (χ2n) is 6.98. The van der Waals surface area contributed by atoms with E-state index in [-0.39, 0.29) is 24.2 Å². The lowest BCUT2D eigenvalue weighted by atomic mass is 10.0. The topological polar surface area (TPSA) is 102 Å². The van der Waals surface area contributed by atoms with Crippen molar-refractivity contribution in [3.05, 3.63) is 54.4 Å². The van der Waals surface area contributed by atoms with Crippen LogP contribution in [0.25, 0.3) is 11.4 Å². The summed E-state index contributed by atoms with van der Waals surface area (Å²) in [5.41, 5.74) is 2.58. The van der Waals surface area contributed by atoms with Crippen molar-refractivity contribution in [2.24, 2.45) is 0 Å². The molecule has 1 aliphatic rings. The number of carbonyl (C=O) groups is 2. The Labute approximate surface area is 162 Å². The molecule has 0 saturated carbocycles. The van der Waals surface area contributed by atoms with Gasteiger partial charge in [-0.3, -0.25) is 19.9 Å². The van der Waals surface area contributed by atoms with Gasteiger partial charge >= 0.3 is 0 Å². The number of nitrogens with one attached hydrogen (secondary N) is 2. The second-order valence-corrected chi connectivity index (χ2v) is 6.98. The fraction of sp³-hybridized carbons (Fsp3) is 0.250. The Morgan fingerprint density at radius 3 is 2.71 bits per heavy atom. The highest BCUT2D eigenvalue weighted by atomic mass is 16.2. The van der Waals surface area contributed by atoms with Gasteiger partial charge in [0, 0.05) is 23.6 Å². The minimum atomic E-state index is -0.772. The molecule has 142 valence electrons. The van der Waals surface area contributed by atoms with E-state index in [4.69, 9.17) is 0 Å². The molecule has 3 aromatic rings. The Morgan fingerprint density at radius 1 is 1.25 bits per heavy atom. The molecule has 0 unspecified atom stereocenters. The number of aromatic nitrogens is 4. The predicted molar refractivity (Wildman–Crippen MR) is 105 cm³/mol. The van der Waals surface area contributed by atoms with E-state index in [0.717, 1.165) is 0 Å². The average molecular weight is 376 g/mol. The lowest BCUT2D eigenvalue weighted by Gasteiger charge is -2.22. The molecule has 3 heterocycles. The molecule has 4 rings (SSSR count). The van der Waals surface area contributed by atoms with E-state index in [1.807, 2.05) is 30.3 Å². The maximum atomic E-state index is 12.8. The Morgan fingerprint density at radius 2 is 2.04 bits per heavy atom. The SMILES string of the molecule is CC(C)c1ccc(NC(=O)[C@H]2CC(=O)Nc3nc(-c4cccnc4)nn32)cc1. The Bertz CT molecular complexity index is 1010. The summed E-state index contributed by atoms with van der Waals surface area (Å²) < 4.78 is 1.46. The number of nitrogens with zero attached hydrogens (tertiary/aromatic N) is 4. The smallest absolute Gasteiger partial charge is 0.249 e. The van der Waals surface area contributed by atoms with E-state index in [1.54, 1.807) is 18.5 Å². The van der Waals surface area contributed by atoms with Gasteiger partial charge in [-0.1, -0.05) is 26.0 Å². The van der Waals surface area contributed by atoms with Crippen molar-refractivity contribution >= 4 is 23.5 Å². The summed E-state index contributed by atoms with van der Waals surface area (Å²) in [7, 11) is 0. The first kappa shape index (κ1) is 17.8. The van der Waals surface area contributed by atoms with E-state index < -0.39 is 6.04 Å². The first-order valence-corrected chi connectivity index (χ1v) is 9.09. The molecule has 0 aliphatic carbocycles. The molecule has 2 aromatic heterocycles. The van der Waals surface area contributed by atoms with Crippen molar-refractivity contribution in [1.29, 1.82) is 0 Å². The maximum absolute atomic E-state index is 12.8. The molecule has 0 fully saturated rings. The van der Waals surface area contributed by atoms with Crippen molar-refractivity contribution in [1.82, 2.24) is 19.7 Å². The molecular weight excluding hydrogens is 356 g/mol. The summed E-state index contributed by atoms with van der Waals surface area (Å²) in [4.78, 5) is 33.3. The third-order valence-corrected chi connectivity index (χ3v) is 4.62. The zero-order valence-electron chi connectivity index (χ0n) is 15.6. The standard InChI is InChI=1S/C20H20N6O2/c1-12(2)13-5-7-15(8-6-13)22-19(28)16-10-17(27)23-20-24-18(25-26(16)20)14-4-3-9-21-11-14/h3-9,11-12,16H,10H2,1-2H3,(H,22,28)(H,23,24,25,27)/t16-/m1/s1. The van der Waals surface area contributed by atoms with E-state index in [1.165, 1.54) is 10.2 Å². The van der Waals surface area contributed by atoms with Crippen LogP contribution in [-0.4, -0.2) is 31.6 Å². The van der Waals surface area contributed by atoms with E-state index >= 15 is 0 Å². The number of carbonyl (C=O) groups excluding carboxylic acids is 2. The molecule has 0 bridgehead atoms. The van der Waals surface area contributed by atoms with Gasteiger partial charge in [-0.25, -0.2) is 4.68 Å². The predicted octanol–water partition coefficient (Wildman–Crippen LogP) is 2.99. The van der Waals surface area contributed by atoms with Crippen molar-refractivity contribution in [2.75, 3.05) is 10.6 Å². The van der Waals surface area contributed by atoms with Crippen molar-refractivity contribution in [3.8, 4) is 11.4 Å². The summed E-state index contributed by atoms with van der Waals surface area (Å²) >= 11 is 0. The number of hydrogen-bond donors (Lipinski definition) is 2. The monoisotopic (exact) mass is 376 g/mol. The Hall–Kier alpha value is -3.55. The number of amides is 2. The maximum Gasteiger partial charge on any atom is 0.249 e. The number of pyridine rings is 1. The number of fused-ring (bicyclic) bond motifs is 1. The molecule has 1 atom stereocenters. The van der Waals surface area contributed by atoms with Gasteiger partial charge < -0.3 is 5.32 Å². The van der Waals surface area contributed by atoms with Crippen molar-refractivity contribution in [2.45, 2.75) is 32.2 Å². The van der Waals surface area contributed by atoms with Gasteiger partial charge in [0.05, 0.1) is 6.42 Å². The van der Waals surface area contributed by atoms with Crippen LogP contribution in [0.2, 0.25) is 0 Å². The normalized spacial score (nSPS) is 15.8. The summed E-state index contributed by atoms with van der Waals surface area (Å²) in [6.07, 6.45) is 3.29. The van der Waals surface area contributed by atoms with Crippen LogP contribution in [0.3, 0.4) is 0 Å². The molecule has 0 radical (unpaired) electrons. The summed E-state index contributed by atoms with van der Waals surface area (Å²) in [6.45, 7) is 4.22. The minimum absolute atomic E-state index is 0.00124. The van der Waals surface area contributed by atoms with Crippen LogP contribution in [0.1, 0.15) is 37.8 Å². The molecule has 0 saturated heterocycles. The molecule has 2 N–H and O–H groups in total. The third-order valence-electron chi connectivity index (χ3n) is 4.62.